The molecule has 104 valence electrons. The van der Waals surface area contributed by atoms with Crippen LogP contribution in [0.3, 0.4) is 0 Å². The van der Waals surface area contributed by atoms with Crippen LogP contribution in [-0.2, 0) is 4.79 Å². The fourth-order valence-electron chi connectivity index (χ4n) is 1.50. The molecule has 0 saturated carbocycles. The summed E-state index contributed by atoms with van der Waals surface area (Å²) in [6, 6.07) is 5.22. The Bertz CT molecular complexity index is 470. The Labute approximate surface area is 113 Å². The summed E-state index contributed by atoms with van der Waals surface area (Å²) in [5, 5.41) is 5.29. The van der Waals surface area contributed by atoms with Gasteiger partial charge in [-0.3, -0.25) is 9.59 Å². The highest BCUT2D eigenvalue weighted by Crippen LogP contribution is 2.13. The molecule has 2 amide bonds. The summed E-state index contributed by atoms with van der Waals surface area (Å²) in [7, 11) is 0. The number of rotatable bonds is 5. The highest BCUT2D eigenvalue weighted by Gasteiger charge is 2.11. The van der Waals surface area contributed by atoms with Crippen LogP contribution in [0.15, 0.2) is 18.2 Å². The van der Waals surface area contributed by atoms with Crippen molar-refractivity contribution in [3.05, 3.63) is 29.3 Å². The lowest BCUT2D eigenvalue weighted by Crippen LogP contribution is -2.38. The molecule has 0 bridgehead atoms. The smallest absolute Gasteiger partial charge is 0.253 e. The van der Waals surface area contributed by atoms with Crippen molar-refractivity contribution in [1.29, 1.82) is 0 Å². The van der Waals surface area contributed by atoms with Gasteiger partial charge in [0.1, 0.15) is 0 Å². The van der Waals surface area contributed by atoms with Crippen LogP contribution in [0.5, 0.6) is 0 Å². The van der Waals surface area contributed by atoms with Gasteiger partial charge in [-0.2, -0.15) is 0 Å². The Morgan fingerprint density at radius 2 is 1.95 bits per heavy atom. The number of hydrogen-bond acceptors (Lipinski definition) is 3. The zero-order valence-electron chi connectivity index (χ0n) is 11.6. The number of amides is 2. The number of nitrogens with one attached hydrogen (secondary N) is 2. The SMILES string of the molecule is Cc1ccc(N)c(C(=O)NCC(=O)NCC(C)C)c1. The standard InChI is InChI=1S/C14H21N3O2/c1-9(2)7-16-13(18)8-17-14(19)11-6-10(3)4-5-12(11)15/h4-6,9H,7-8,15H2,1-3H3,(H,16,18)(H,17,19). The molecule has 19 heavy (non-hydrogen) atoms. The van der Waals surface area contributed by atoms with Crippen LogP contribution in [0.4, 0.5) is 5.69 Å². The van der Waals surface area contributed by atoms with Gasteiger partial charge in [0.2, 0.25) is 5.91 Å². The summed E-state index contributed by atoms with van der Waals surface area (Å²) in [4.78, 5) is 23.4. The molecular formula is C14H21N3O2. The van der Waals surface area contributed by atoms with Crippen molar-refractivity contribution in [2.75, 3.05) is 18.8 Å². The predicted octanol–water partition coefficient (Wildman–Crippen LogP) is 1.08. The normalized spacial score (nSPS) is 10.3. The largest absolute Gasteiger partial charge is 0.398 e. The van der Waals surface area contributed by atoms with Gasteiger partial charge >= 0.3 is 0 Å². The Hall–Kier alpha value is -2.04. The molecule has 0 aliphatic carbocycles. The number of nitrogens with two attached hydrogens (primary N) is 1. The van der Waals surface area contributed by atoms with Gasteiger partial charge in [-0.05, 0) is 25.0 Å². The number of carbonyl (C=O) groups excluding carboxylic acids is 2. The van der Waals surface area contributed by atoms with Crippen molar-refractivity contribution in [2.45, 2.75) is 20.8 Å². The lowest BCUT2D eigenvalue weighted by molar-refractivity contribution is -0.120. The van der Waals surface area contributed by atoms with E-state index in [0.717, 1.165) is 5.56 Å². The van der Waals surface area contributed by atoms with Crippen LogP contribution in [-0.4, -0.2) is 24.9 Å². The average Bonchev–Trinajstić information content (AvgIpc) is 2.36. The number of anilines is 1. The third-order valence-corrected chi connectivity index (χ3v) is 2.57. The Morgan fingerprint density at radius 1 is 1.26 bits per heavy atom. The summed E-state index contributed by atoms with van der Waals surface area (Å²) >= 11 is 0. The Balaban J connectivity index is 2.51. The van der Waals surface area contributed by atoms with Gasteiger partial charge in [0.05, 0.1) is 12.1 Å². The third kappa shape index (κ3) is 4.99. The zero-order chi connectivity index (χ0) is 14.4. The zero-order valence-corrected chi connectivity index (χ0v) is 11.6. The lowest BCUT2D eigenvalue weighted by Gasteiger charge is -2.10. The quantitative estimate of drug-likeness (QED) is 0.695. The Kier molecular flexibility index (Phi) is 5.36. The molecule has 0 fully saturated rings. The summed E-state index contributed by atoms with van der Waals surface area (Å²) in [5.41, 5.74) is 7.49. The number of benzene rings is 1. The second-order valence-electron chi connectivity index (χ2n) is 4.97. The molecule has 0 unspecified atom stereocenters. The monoisotopic (exact) mass is 263 g/mol. The van der Waals surface area contributed by atoms with E-state index in [2.05, 4.69) is 10.6 Å². The van der Waals surface area contributed by atoms with E-state index in [-0.39, 0.29) is 18.4 Å². The minimum atomic E-state index is -0.333. The topological polar surface area (TPSA) is 84.2 Å². The molecule has 1 aromatic carbocycles. The number of nitrogen functional groups attached to an aromatic ring is 1. The molecule has 0 spiro atoms. The van der Waals surface area contributed by atoms with Gasteiger partial charge in [-0.25, -0.2) is 0 Å². The second kappa shape index (κ2) is 6.78. The van der Waals surface area contributed by atoms with Gasteiger partial charge in [-0.15, -0.1) is 0 Å². The van der Waals surface area contributed by atoms with Gasteiger partial charge < -0.3 is 16.4 Å². The molecule has 0 atom stereocenters. The summed E-state index contributed by atoms with van der Waals surface area (Å²) < 4.78 is 0. The van der Waals surface area contributed by atoms with Crippen LogP contribution in [0.2, 0.25) is 0 Å². The first-order chi connectivity index (χ1) is 8.90. The molecule has 5 heteroatoms. The van der Waals surface area contributed by atoms with Crippen LogP contribution >= 0.6 is 0 Å². The van der Waals surface area contributed by atoms with E-state index in [1.807, 2.05) is 26.8 Å². The maximum absolute atomic E-state index is 11.9. The number of hydrogen-bond donors (Lipinski definition) is 3. The van der Waals surface area contributed by atoms with E-state index in [1.165, 1.54) is 0 Å². The average molecular weight is 263 g/mol. The van der Waals surface area contributed by atoms with Crippen LogP contribution < -0.4 is 16.4 Å². The Morgan fingerprint density at radius 3 is 2.58 bits per heavy atom. The molecule has 0 aliphatic heterocycles. The fraction of sp³-hybridized carbons (Fsp3) is 0.429. The van der Waals surface area contributed by atoms with E-state index in [1.54, 1.807) is 12.1 Å². The molecule has 0 aromatic heterocycles. The van der Waals surface area contributed by atoms with E-state index in [9.17, 15) is 9.59 Å². The molecule has 5 nitrogen and oxygen atoms in total. The second-order valence-corrected chi connectivity index (χ2v) is 4.97. The van der Waals surface area contributed by atoms with Crippen molar-refractivity contribution in [3.8, 4) is 0 Å². The first-order valence-corrected chi connectivity index (χ1v) is 6.31. The first-order valence-electron chi connectivity index (χ1n) is 6.31. The molecule has 0 aliphatic rings. The molecule has 1 aromatic rings. The van der Waals surface area contributed by atoms with Crippen molar-refractivity contribution in [2.24, 2.45) is 5.92 Å². The molecule has 1 rings (SSSR count). The van der Waals surface area contributed by atoms with Crippen LogP contribution in [0.25, 0.3) is 0 Å². The predicted molar refractivity (Wildman–Crippen MR) is 75.8 cm³/mol. The van der Waals surface area contributed by atoms with E-state index < -0.39 is 0 Å². The summed E-state index contributed by atoms with van der Waals surface area (Å²) in [5.74, 6) is -0.152. The summed E-state index contributed by atoms with van der Waals surface area (Å²) in [6.45, 7) is 6.45. The highest BCUT2D eigenvalue weighted by atomic mass is 16.2. The van der Waals surface area contributed by atoms with Crippen molar-refractivity contribution >= 4 is 17.5 Å². The van der Waals surface area contributed by atoms with Gasteiger partial charge in [-0.1, -0.05) is 25.5 Å². The van der Waals surface area contributed by atoms with Crippen LogP contribution in [0.1, 0.15) is 29.8 Å². The van der Waals surface area contributed by atoms with Gasteiger partial charge in [0, 0.05) is 12.2 Å². The van der Waals surface area contributed by atoms with Crippen molar-refractivity contribution < 1.29 is 9.59 Å². The molecular weight excluding hydrogens is 242 g/mol. The first kappa shape index (κ1) is 15.0. The van der Waals surface area contributed by atoms with Crippen molar-refractivity contribution in [1.82, 2.24) is 10.6 Å². The van der Waals surface area contributed by atoms with Crippen LogP contribution in [0, 0.1) is 12.8 Å². The van der Waals surface area contributed by atoms with Gasteiger partial charge in [0.15, 0.2) is 0 Å². The van der Waals surface area contributed by atoms with E-state index >= 15 is 0 Å². The molecule has 0 radical (unpaired) electrons. The third-order valence-electron chi connectivity index (χ3n) is 2.57. The van der Waals surface area contributed by atoms with Crippen molar-refractivity contribution in [3.63, 3.8) is 0 Å². The fourth-order valence-corrected chi connectivity index (χ4v) is 1.50. The van der Waals surface area contributed by atoms with E-state index in [4.69, 9.17) is 5.73 Å². The summed E-state index contributed by atoms with van der Waals surface area (Å²) in [6.07, 6.45) is 0. The highest BCUT2D eigenvalue weighted by molar-refractivity contribution is 6.00. The van der Waals surface area contributed by atoms with E-state index in [0.29, 0.717) is 23.7 Å². The molecule has 4 N–H and O–H groups in total. The number of carbonyl (C=O) groups is 2. The maximum Gasteiger partial charge on any atom is 0.253 e. The van der Waals surface area contributed by atoms with Gasteiger partial charge in [0.25, 0.3) is 5.91 Å². The minimum absolute atomic E-state index is 0.0427. The maximum atomic E-state index is 11.9. The number of aryl methyl sites for hydroxylation is 1. The minimum Gasteiger partial charge on any atom is -0.398 e. The molecule has 0 heterocycles. The lowest BCUT2D eigenvalue weighted by atomic mass is 10.1. The molecule has 0 saturated heterocycles.